The largest absolute Gasteiger partial charge is 0.486 e. The molecule has 0 aromatic heterocycles. The number of hydrogen-bond donors (Lipinski definition) is 2. The Morgan fingerprint density at radius 3 is 2.62 bits per heavy atom. The number of fused-ring (bicyclic) bond motifs is 1. The molecule has 1 saturated carbocycles. The SMILES string of the molecule is C[C@@H]1CN([C@H](C)CO)C(=O)c2cccc(NC(=O)C3CC3)c2O[C@H]1CN(C)Cc1ccccc1. The van der Waals surface area contributed by atoms with Gasteiger partial charge in [-0.25, -0.2) is 0 Å². The van der Waals surface area contributed by atoms with E-state index in [0.717, 1.165) is 19.4 Å². The molecular formula is C27H35N3O4. The van der Waals surface area contributed by atoms with Gasteiger partial charge >= 0.3 is 0 Å². The van der Waals surface area contributed by atoms with Crippen molar-refractivity contribution in [1.82, 2.24) is 9.80 Å². The van der Waals surface area contributed by atoms with Crippen LogP contribution in [-0.2, 0) is 11.3 Å². The first-order chi connectivity index (χ1) is 16.4. The summed E-state index contributed by atoms with van der Waals surface area (Å²) in [7, 11) is 2.06. The van der Waals surface area contributed by atoms with E-state index in [9.17, 15) is 14.7 Å². The van der Waals surface area contributed by atoms with Gasteiger partial charge in [-0.3, -0.25) is 14.5 Å². The molecule has 3 atom stereocenters. The number of amides is 2. The van der Waals surface area contributed by atoms with Crippen LogP contribution in [0.1, 0.15) is 42.6 Å². The fourth-order valence-corrected chi connectivity index (χ4v) is 4.41. The molecule has 2 amide bonds. The molecule has 34 heavy (non-hydrogen) atoms. The summed E-state index contributed by atoms with van der Waals surface area (Å²) in [5.74, 6) is 0.246. The van der Waals surface area contributed by atoms with Gasteiger partial charge in [-0.2, -0.15) is 0 Å². The first-order valence-corrected chi connectivity index (χ1v) is 12.1. The normalized spacial score (nSPS) is 21.3. The van der Waals surface area contributed by atoms with Crippen LogP contribution in [0, 0.1) is 11.8 Å². The Balaban J connectivity index is 1.64. The summed E-state index contributed by atoms with van der Waals surface area (Å²) in [6.07, 6.45) is 1.58. The van der Waals surface area contributed by atoms with Crippen LogP contribution < -0.4 is 10.1 Å². The molecule has 1 fully saturated rings. The quantitative estimate of drug-likeness (QED) is 0.625. The average molecular weight is 466 g/mol. The van der Waals surface area contributed by atoms with Crippen molar-refractivity contribution >= 4 is 17.5 Å². The second-order valence-electron chi connectivity index (χ2n) is 9.75. The number of ether oxygens (including phenoxy) is 1. The minimum atomic E-state index is -0.326. The number of benzene rings is 2. The van der Waals surface area contributed by atoms with E-state index in [1.165, 1.54) is 5.56 Å². The van der Waals surface area contributed by atoms with E-state index >= 15 is 0 Å². The molecule has 0 saturated heterocycles. The van der Waals surface area contributed by atoms with Gasteiger partial charge in [0.05, 0.1) is 23.9 Å². The third-order valence-corrected chi connectivity index (χ3v) is 6.68. The Kier molecular flexibility index (Phi) is 7.54. The first kappa shape index (κ1) is 24.2. The third kappa shape index (κ3) is 5.59. The molecule has 2 aromatic rings. The maximum atomic E-state index is 13.5. The van der Waals surface area contributed by atoms with Crippen molar-refractivity contribution in [3.63, 3.8) is 0 Å². The van der Waals surface area contributed by atoms with Crippen LogP contribution in [0.2, 0.25) is 0 Å². The van der Waals surface area contributed by atoms with Crippen molar-refractivity contribution in [1.29, 1.82) is 0 Å². The second kappa shape index (κ2) is 10.6. The van der Waals surface area contributed by atoms with Gasteiger partial charge in [0.25, 0.3) is 5.91 Å². The van der Waals surface area contributed by atoms with E-state index in [1.807, 2.05) is 25.1 Å². The molecule has 4 rings (SSSR count). The lowest BCUT2D eigenvalue weighted by molar-refractivity contribution is -0.117. The lowest BCUT2D eigenvalue weighted by Crippen LogP contribution is -2.49. The van der Waals surface area contributed by atoms with Crippen molar-refractivity contribution in [2.24, 2.45) is 11.8 Å². The van der Waals surface area contributed by atoms with Crippen LogP contribution in [0.4, 0.5) is 5.69 Å². The van der Waals surface area contributed by atoms with Gasteiger partial charge in [-0.05, 0) is 44.5 Å². The number of hydrogen-bond acceptors (Lipinski definition) is 5. The summed E-state index contributed by atoms with van der Waals surface area (Å²) in [6, 6.07) is 15.2. The number of aliphatic hydroxyl groups excluding tert-OH is 1. The number of carbonyl (C=O) groups excluding carboxylic acids is 2. The summed E-state index contributed by atoms with van der Waals surface area (Å²) < 4.78 is 6.56. The molecule has 7 nitrogen and oxygen atoms in total. The second-order valence-corrected chi connectivity index (χ2v) is 9.75. The Bertz CT molecular complexity index is 1010. The third-order valence-electron chi connectivity index (χ3n) is 6.68. The van der Waals surface area contributed by atoms with Crippen molar-refractivity contribution in [2.75, 3.05) is 32.1 Å². The summed E-state index contributed by atoms with van der Waals surface area (Å²) in [6.45, 7) is 5.70. The van der Waals surface area contributed by atoms with E-state index in [-0.39, 0.29) is 42.4 Å². The Morgan fingerprint density at radius 2 is 1.94 bits per heavy atom. The predicted molar refractivity (Wildman–Crippen MR) is 132 cm³/mol. The Hall–Kier alpha value is -2.90. The predicted octanol–water partition coefficient (Wildman–Crippen LogP) is 3.39. The number of aliphatic hydroxyl groups is 1. The van der Waals surface area contributed by atoms with Crippen molar-refractivity contribution in [3.8, 4) is 5.75 Å². The van der Waals surface area contributed by atoms with E-state index in [4.69, 9.17) is 4.74 Å². The number of nitrogens with one attached hydrogen (secondary N) is 1. The molecule has 182 valence electrons. The van der Waals surface area contributed by atoms with Crippen LogP contribution in [0.15, 0.2) is 48.5 Å². The smallest absolute Gasteiger partial charge is 0.258 e. The summed E-state index contributed by atoms with van der Waals surface area (Å²) >= 11 is 0. The molecule has 2 aliphatic rings. The zero-order valence-electron chi connectivity index (χ0n) is 20.2. The maximum Gasteiger partial charge on any atom is 0.258 e. The molecule has 2 N–H and O–H groups in total. The standard InChI is InChI=1S/C27H35N3O4/c1-18-14-30(19(2)17-31)27(33)22-10-7-11-23(28-26(32)21-12-13-21)25(22)34-24(18)16-29(3)15-20-8-5-4-6-9-20/h4-11,18-19,21,24,31H,12-17H2,1-3H3,(H,28,32)/t18-,19-,24+/m1/s1. The number of anilines is 1. The van der Waals surface area contributed by atoms with Gasteiger partial charge in [-0.1, -0.05) is 43.3 Å². The number of para-hydroxylation sites is 1. The maximum absolute atomic E-state index is 13.5. The van der Waals surface area contributed by atoms with E-state index in [1.54, 1.807) is 23.1 Å². The first-order valence-electron chi connectivity index (χ1n) is 12.1. The summed E-state index contributed by atoms with van der Waals surface area (Å²) in [5.41, 5.74) is 2.16. The molecule has 2 aromatic carbocycles. The molecular weight excluding hydrogens is 430 g/mol. The van der Waals surface area contributed by atoms with Crippen LogP contribution in [0.3, 0.4) is 0 Å². The van der Waals surface area contributed by atoms with Crippen molar-refractivity contribution in [2.45, 2.75) is 45.4 Å². The molecule has 1 aliphatic carbocycles. The van der Waals surface area contributed by atoms with Crippen molar-refractivity contribution in [3.05, 3.63) is 59.7 Å². The summed E-state index contributed by atoms with van der Waals surface area (Å²) in [4.78, 5) is 30.0. The Labute approximate surface area is 201 Å². The van der Waals surface area contributed by atoms with E-state index in [0.29, 0.717) is 30.1 Å². The number of rotatable bonds is 8. The van der Waals surface area contributed by atoms with E-state index in [2.05, 4.69) is 36.3 Å². The zero-order valence-corrected chi connectivity index (χ0v) is 20.2. The van der Waals surface area contributed by atoms with Gasteiger partial charge in [0.15, 0.2) is 5.75 Å². The molecule has 1 heterocycles. The minimum absolute atomic E-state index is 0.0107. The number of nitrogens with zero attached hydrogens (tertiary/aromatic N) is 2. The molecule has 1 aliphatic heterocycles. The monoisotopic (exact) mass is 465 g/mol. The van der Waals surface area contributed by atoms with Gasteiger partial charge < -0.3 is 20.1 Å². The highest BCUT2D eigenvalue weighted by atomic mass is 16.5. The highest BCUT2D eigenvalue weighted by Gasteiger charge is 2.35. The van der Waals surface area contributed by atoms with Crippen molar-refractivity contribution < 1.29 is 19.4 Å². The topological polar surface area (TPSA) is 82.1 Å². The minimum Gasteiger partial charge on any atom is -0.486 e. The highest BCUT2D eigenvalue weighted by Crippen LogP contribution is 2.37. The van der Waals surface area contributed by atoms with E-state index < -0.39 is 0 Å². The summed E-state index contributed by atoms with van der Waals surface area (Å²) in [5, 5.41) is 12.8. The molecule has 7 heteroatoms. The lowest BCUT2D eigenvalue weighted by atomic mass is 9.98. The molecule has 0 radical (unpaired) electrons. The van der Waals surface area contributed by atoms with Gasteiger partial charge in [-0.15, -0.1) is 0 Å². The van der Waals surface area contributed by atoms with Gasteiger partial charge in [0.2, 0.25) is 5.91 Å². The lowest BCUT2D eigenvalue weighted by Gasteiger charge is -2.38. The Morgan fingerprint density at radius 1 is 1.21 bits per heavy atom. The van der Waals surface area contributed by atoms with Crippen LogP contribution in [-0.4, -0.2) is 65.6 Å². The average Bonchev–Trinajstić information content (AvgIpc) is 3.67. The van der Waals surface area contributed by atoms with Crippen LogP contribution >= 0.6 is 0 Å². The fraction of sp³-hybridized carbons (Fsp3) is 0.481. The fourth-order valence-electron chi connectivity index (χ4n) is 4.41. The highest BCUT2D eigenvalue weighted by molar-refractivity contribution is 6.02. The number of likely N-dealkylation sites (N-methyl/N-ethyl adjacent to an activating group) is 1. The van der Waals surface area contributed by atoms with Gasteiger partial charge in [0.1, 0.15) is 6.10 Å². The molecule has 0 spiro atoms. The number of carbonyl (C=O) groups is 2. The zero-order chi connectivity index (χ0) is 24.2. The van der Waals surface area contributed by atoms with Crippen LogP contribution in [0.5, 0.6) is 5.75 Å². The van der Waals surface area contributed by atoms with Gasteiger partial charge in [0, 0.05) is 31.5 Å². The molecule has 0 unspecified atom stereocenters. The molecule has 0 bridgehead atoms. The van der Waals surface area contributed by atoms with Crippen LogP contribution in [0.25, 0.3) is 0 Å².